The summed E-state index contributed by atoms with van der Waals surface area (Å²) < 4.78 is 14.7. The molecule has 0 radical (unpaired) electrons. The van der Waals surface area contributed by atoms with Gasteiger partial charge in [0.05, 0.1) is 0 Å². The van der Waals surface area contributed by atoms with Crippen LogP contribution in [0, 0.1) is 0 Å². The molecule has 0 aromatic heterocycles. The second-order valence-electron chi connectivity index (χ2n) is 7.29. The molecule has 0 amide bonds. The van der Waals surface area contributed by atoms with Crippen molar-refractivity contribution in [2.45, 2.75) is 66.3 Å². The van der Waals surface area contributed by atoms with Gasteiger partial charge in [0.1, 0.15) is 8.24 Å². The highest BCUT2D eigenvalue weighted by molar-refractivity contribution is 6.73. The fraction of sp³-hybridized carbons (Fsp3) is 1.00. The predicted molar refractivity (Wildman–Crippen MR) is 107 cm³/mol. The van der Waals surface area contributed by atoms with Gasteiger partial charge in [-0.1, -0.05) is 33.5 Å². The molecule has 4 nitrogen and oxygen atoms in total. The molecular formula is C17H42N2O2Si2. The minimum atomic E-state index is -1.96. The molecule has 6 heteroatoms. The molecule has 0 saturated carbocycles. The molecule has 0 fully saturated rings. The average molecular weight is 363 g/mol. The summed E-state index contributed by atoms with van der Waals surface area (Å²) in [5, 5.41) is 0. The Morgan fingerprint density at radius 1 is 0.739 bits per heavy atom. The lowest BCUT2D eigenvalue weighted by molar-refractivity contribution is 0.187. The van der Waals surface area contributed by atoms with Gasteiger partial charge in [0.25, 0.3) is 0 Å². The number of likely N-dealkylation sites (N-methyl/N-ethyl adjacent to an activating group) is 1. The zero-order chi connectivity index (χ0) is 17.9. The number of hydrogen-bond acceptors (Lipinski definition) is 4. The van der Waals surface area contributed by atoms with Gasteiger partial charge in [-0.3, -0.25) is 0 Å². The average Bonchev–Trinajstić information content (AvgIpc) is 2.45. The third kappa shape index (κ3) is 9.99. The predicted octanol–water partition coefficient (Wildman–Crippen LogP) is 4.00. The van der Waals surface area contributed by atoms with Gasteiger partial charge in [-0.25, -0.2) is 0 Å². The van der Waals surface area contributed by atoms with Gasteiger partial charge in [0.15, 0.2) is 0 Å². The smallest absolute Gasteiger partial charge is 0.334 e. The Morgan fingerprint density at radius 2 is 1.26 bits per heavy atom. The van der Waals surface area contributed by atoms with Gasteiger partial charge >= 0.3 is 8.56 Å². The maximum atomic E-state index is 5.97. The molecule has 0 aliphatic rings. The van der Waals surface area contributed by atoms with E-state index >= 15 is 0 Å². The Bertz CT molecular complexity index is 289. The van der Waals surface area contributed by atoms with Crippen LogP contribution in [0.5, 0.6) is 0 Å². The van der Waals surface area contributed by atoms with Crippen molar-refractivity contribution < 1.29 is 8.85 Å². The second-order valence-corrected chi connectivity index (χ2v) is 15.6. The van der Waals surface area contributed by atoms with Gasteiger partial charge in [0, 0.05) is 26.3 Å². The van der Waals surface area contributed by atoms with Crippen LogP contribution in [0.15, 0.2) is 0 Å². The molecule has 0 unspecified atom stereocenters. The second kappa shape index (κ2) is 11.8. The molecule has 0 aliphatic carbocycles. The molecule has 0 aromatic carbocycles. The first-order valence-corrected chi connectivity index (χ1v) is 15.4. The lowest BCUT2D eigenvalue weighted by atomic mass is 10.4. The fourth-order valence-corrected chi connectivity index (χ4v) is 6.97. The van der Waals surface area contributed by atoms with E-state index in [0.717, 1.165) is 32.3 Å². The Morgan fingerprint density at radius 3 is 1.65 bits per heavy atom. The van der Waals surface area contributed by atoms with Crippen molar-refractivity contribution in [1.82, 2.24) is 9.47 Å². The van der Waals surface area contributed by atoms with Crippen molar-refractivity contribution in [3.05, 3.63) is 0 Å². The van der Waals surface area contributed by atoms with Crippen LogP contribution in [-0.4, -0.2) is 72.2 Å². The van der Waals surface area contributed by atoms with Crippen LogP contribution in [0.1, 0.15) is 34.1 Å². The summed E-state index contributed by atoms with van der Waals surface area (Å²) in [7, 11) is -3.23. The quantitative estimate of drug-likeness (QED) is 0.436. The Hall–Kier alpha value is 0.274. The molecule has 0 N–H and O–H groups in total. The molecule has 0 heterocycles. The van der Waals surface area contributed by atoms with Crippen LogP contribution < -0.4 is 0 Å². The van der Waals surface area contributed by atoms with E-state index in [2.05, 4.69) is 63.3 Å². The zero-order valence-electron chi connectivity index (χ0n) is 17.1. The largest absolute Gasteiger partial charge is 0.395 e. The molecule has 140 valence electrons. The number of hydrogen-bond donors (Lipinski definition) is 0. The molecule has 0 spiro atoms. The van der Waals surface area contributed by atoms with Crippen LogP contribution in [-0.2, 0) is 8.85 Å². The van der Waals surface area contributed by atoms with Crippen LogP contribution in [0.2, 0.25) is 32.2 Å². The van der Waals surface area contributed by atoms with Crippen LogP contribution in [0.25, 0.3) is 0 Å². The molecule has 0 atom stereocenters. The monoisotopic (exact) mass is 362 g/mol. The van der Waals surface area contributed by atoms with Crippen molar-refractivity contribution in [3.63, 3.8) is 0 Å². The molecule has 23 heavy (non-hydrogen) atoms. The first-order valence-electron chi connectivity index (χ1n) is 9.47. The van der Waals surface area contributed by atoms with E-state index in [4.69, 9.17) is 8.85 Å². The summed E-state index contributed by atoms with van der Waals surface area (Å²) in [5.41, 5.74) is 0. The van der Waals surface area contributed by atoms with E-state index in [0.29, 0.717) is 0 Å². The highest BCUT2D eigenvalue weighted by Gasteiger charge is 2.31. The summed E-state index contributed by atoms with van der Waals surface area (Å²) in [4.78, 5) is 2.52. The summed E-state index contributed by atoms with van der Waals surface area (Å²) in [6.45, 7) is 25.6. The topological polar surface area (TPSA) is 24.9 Å². The van der Waals surface area contributed by atoms with Gasteiger partial charge in [0.2, 0.25) is 0 Å². The summed E-state index contributed by atoms with van der Waals surface area (Å²) in [6, 6.07) is 1.10. The standard InChI is InChI=1S/C17H42N2O2Si2/c1-9-18(10-2)15-16-19(22(5,6)7)14-13-17-23(8,20-11-3)21-12-4/h9-17H2,1-8H3. The van der Waals surface area contributed by atoms with Crippen LogP contribution in [0.3, 0.4) is 0 Å². The Balaban J connectivity index is 4.50. The third-order valence-electron chi connectivity index (χ3n) is 4.49. The molecule has 0 rings (SSSR count). The lowest BCUT2D eigenvalue weighted by Crippen LogP contribution is -2.50. The Labute approximate surface area is 147 Å². The van der Waals surface area contributed by atoms with Crippen molar-refractivity contribution in [1.29, 1.82) is 0 Å². The molecule has 0 aliphatic heterocycles. The van der Waals surface area contributed by atoms with Crippen molar-refractivity contribution in [3.8, 4) is 0 Å². The normalized spacial score (nSPS) is 13.3. The van der Waals surface area contributed by atoms with E-state index in [1.165, 1.54) is 26.1 Å². The Kier molecular flexibility index (Phi) is 11.9. The summed E-state index contributed by atoms with van der Waals surface area (Å²) in [5.74, 6) is 0. The zero-order valence-corrected chi connectivity index (χ0v) is 19.1. The van der Waals surface area contributed by atoms with Crippen molar-refractivity contribution in [2.75, 3.05) is 45.9 Å². The maximum Gasteiger partial charge on any atom is 0.334 e. The number of rotatable bonds is 14. The van der Waals surface area contributed by atoms with E-state index < -0.39 is 16.8 Å². The van der Waals surface area contributed by atoms with E-state index in [1.807, 2.05) is 0 Å². The third-order valence-corrected chi connectivity index (χ3v) is 9.89. The lowest BCUT2D eigenvalue weighted by Gasteiger charge is -2.36. The molecular weight excluding hydrogens is 320 g/mol. The van der Waals surface area contributed by atoms with E-state index in [1.54, 1.807) is 0 Å². The molecule has 0 aromatic rings. The van der Waals surface area contributed by atoms with Crippen LogP contribution >= 0.6 is 0 Å². The molecule has 0 bridgehead atoms. The first-order chi connectivity index (χ1) is 10.7. The van der Waals surface area contributed by atoms with Gasteiger partial charge < -0.3 is 18.3 Å². The van der Waals surface area contributed by atoms with Gasteiger partial charge in [-0.2, -0.15) is 0 Å². The SMILES string of the molecule is CCO[Si](C)(CCCN(CCN(CC)CC)[Si](C)(C)C)OCC. The van der Waals surface area contributed by atoms with E-state index in [-0.39, 0.29) is 0 Å². The van der Waals surface area contributed by atoms with E-state index in [9.17, 15) is 0 Å². The first kappa shape index (κ1) is 23.3. The van der Waals surface area contributed by atoms with Gasteiger partial charge in [-0.15, -0.1) is 0 Å². The minimum absolute atomic E-state index is 0.766. The van der Waals surface area contributed by atoms with Gasteiger partial charge in [-0.05, 0) is 52.5 Å². The highest BCUT2D eigenvalue weighted by Crippen LogP contribution is 2.18. The summed E-state index contributed by atoms with van der Waals surface area (Å²) in [6.07, 6.45) is 1.19. The number of nitrogens with zero attached hydrogens (tertiary/aromatic N) is 2. The highest BCUT2D eigenvalue weighted by atomic mass is 28.4. The maximum absolute atomic E-state index is 5.97. The fourth-order valence-electron chi connectivity index (χ4n) is 2.97. The minimum Gasteiger partial charge on any atom is -0.395 e. The summed E-state index contributed by atoms with van der Waals surface area (Å²) >= 11 is 0. The molecule has 0 saturated heterocycles. The van der Waals surface area contributed by atoms with Crippen molar-refractivity contribution >= 4 is 16.8 Å². The van der Waals surface area contributed by atoms with Crippen LogP contribution in [0.4, 0.5) is 0 Å². The van der Waals surface area contributed by atoms with Crippen molar-refractivity contribution in [2.24, 2.45) is 0 Å².